The molecule has 3 aromatic heterocycles. The van der Waals surface area contributed by atoms with E-state index in [0.717, 1.165) is 22.3 Å². The minimum absolute atomic E-state index is 0.997. The summed E-state index contributed by atoms with van der Waals surface area (Å²) < 4.78 is 2.10. The summed E-state index contributed by atoms with van der Waals surface area (Å²) in [5.41, 5.74) is 5.49. The van der Waals surface area contributed by atoms with E-state index < -0.39 is 0 Å². The Hall–Kier alpha value is -2.29. The van der Waals surface area contributed by atoms with Crippen LogP contribution in [-0.4, -0.2) is 14.4 Å². The predicted octanol–water partition coefficient (Wildman–Crippen LogP) is 3.28. The molecular weight excluding hydrogens is 210 g/mol. The molecule has 0 radical (unpaired) electrons. The van der Waals surface area contributed by atoms with Gasteiger partial charge in [-0.3, -0.25) is 4.40 Å². The molecule has 0 unspecified atom stereocenters. The maximum absolute atomic E-state index is 4.70. The highest BCUT2D eigenvalue weighted by Crippen LogP contribution is 2.25. The number of benzene rings is 1. The van der Waals surface area contributed by atoms with Crippen molar-refractivity contribution < 1.29 is 0 Å². The molecule has 0 aliphatic rings. The van der Waals surface area contributed by atoms with Gasteiger partial charge >= 0.3 is 0 Å². The molecule has 0 atom stereocenters. The molecule has 0 aliphatic carbocycles. The molecule has 3 nitrogen and oxygen atoms in total. The standard InChI is InChI=1S/C14H11N3/c1-9-6-7-17-12(8-9)16-13-10-4-2-3-5-11(10)15-14(13)17/h2-8,15H,1H3. The number of H-pyrrole nitrogens is 1. The number of fused-ring (bicyclic) bond motifs is 5. The van der Waals surface area contributed by atoms with E-state index >= 15 is 0 Å². The van der Waals surface area contributed by atoms with Crippen LogP contribution in [-0.2, 0) is 0 Å². The molecule has 1 aromatic carbocycles. The van der Waals surface area contributed by atoms with Gasteiger partial charge in [0, 0.05) is 17.1 Å². The van der Waals surface area contributed by atoms with Crippen molar-refractivity contribution in [1.29, 1.82) is 0 Å². The van der Waals surface area contributed by atoms with Crippen molar-refractivity contribution in [2.45, 2.75) is 6.92 Å². The summed E-state index contributed by atoms with van der Waals surface area (Å²) in [7, 11) is 0. The number of nitrogens with zero attached hydrogens (tertiary/aromatic N) is 2. The zero-order chi connectivity index (χ0) is 11.4. The van der Waals surface area contributed by atoms with Crippen molar-refractivity contribution in [3.8, 4) is 0 Å². The van der Waals surface area contributed by atoms with Crippen LogP contribution in [0.2, 0.25) is 0 Å². The number of aromatic amines is 1. The Balaban J connectivity index is 2.29. The molecule has 0 spiro atoms. The van der Waals surface area contributed by atoms with Crippen molar-refractivity contribution in [3.05, 3.63) is 48.2 Å². The molecular formula is C14H11N3. The van der Waals surface area contributed by atoms with Crippen LogP contribution in [0.25, 0.3) is 27.7 Å². The Morgan fingerprint density at radius 1 is 1.18 bits per heavy atom. The molecule has 0 saturated carbocycles. The van der Waals surface area contributed by atoms with Crippen LogP contribution in [0, 0.1) is 6.92 Å². The van der Waals surface area contributed by atoms with E-state index in [0.29, 0.717) is 0 Å². The lowest BCUT2D eigenvalue weighted by Crippen LogP contribution is -1.85. The Morgan fingerprint density at radius 2 is 2.06 bits per heavy atom. The number of pyridine rings is 1. The first-order chi connectivity index (χ1) is 8.33. The number of para-hydroxylation sites is 1. The quantitative estimate of drug-likeness (QED) is 0.485. The molecule has 1 N–H and O–H groups in total. The third kappa shape index (κ3) is 1.08. The van der Waals surface area contributed by atoms with E-state index in [1.807, 2.05) is 12.1 Å². The molecule has 3 heterocycles. The van der Waals surface area contributed by atoms with Crippen molar-refractivity contribution in [2.75, 3.05) is 0 Å². The molecule has 4 rings (SSSR count). The van der Waals surface area contributed by atoms with E-state index in [1.165, 1.54) is 10.9 Å². The van der Waals surface area contributed by atoms with Crippen LogP contribution >= 0.6 is 0 Å². The van der Waals surface area contributed by atoms with E-state index in [9.17, 15) is 0 Å². The minimum atomic E-state index is 0.997. The molecule has 4 aromatic rings. The van der Waals surface area contributed by atoms with Crippen LogP contribution in [0.4, 0.5) is 0 Å². The van der Waals surface area contributed by atoms with Gasteiger partial charge in [-0.15, -0.1) is 0 Å². The second-order valence-electron chi connectivity index (χ2n) is 4.41. The Bertz CT molecular complexity index is 852. The minimum Gasteiger partial charge on any atom is -0.339 e. The van der Waals surface area contributed by atoms with Crippen LogP contribution in [0.5, 0.6) is 0 Å². The highest BCUT2D eigenvalue weighted by atomic mass is 15.1. The van der Waals surface area contributed by atoms with Gasteiger partial charge in [0.1, 0.15) is 16.8 Å². The molecule has 0 fully saturated rings. The van der Waals surface area contributed by atoms with Gasteiger partial charge in [-0.1, -0.05) is 18.2 Å². The zero-order valence-corrected chi connectivity index (χ0v) is 9.44. The first-order valence-electron chi connectivity index (χ1n) is 5.68. The smallest absolute Gasteiger partial charge is 0.143 e. The fourth-order valence-corrected chi connectivity index (χ4v) is 2.38. The molecule has 0 bridgehead atoms. The third-order valence-electron chi connectivity index (χ3n) is 3.22. The first kappa shape index (κ1) is 8.82. The number of hydrogen-bond acceptors (Lipinski definition) is 1. The second kappa shape index (κ2) is 2.88. The topological polar surface area (TPSA) is 33.1 Å². The van der Waals surface area contributed by atoms with E-state index in [4.69, 9.17) is 4.98 Å². The fraction of sp³-hybridized carbons (Fsp3) is 0.0714. The molecule has 82 valence electrons. The van der Waals surface area contributed by atoms with Crippen LogP contribution in [0.15, 0.2) is 42.6 Å². The largest absolute Gasteiger partial charge is 0.339 e. The van der Waals surface area contributed by atoms with Crippen LogP contribution in [0.3, 0.4) is 0 Å². The Labute approximate surface area is 97.7 Å². The summed E-state index contributed by atoms with van der Waals surface area (Å²) in [6.45, 7) is 2.08. The van der Waals surface area contributed by atoms with Gasteiger partial charge in [0.25, 0.3) is 0 Å². The third-order valence-corrected chi connectivity index (χ3v) is 3.22. The second-order valence-corrected chi connectivity index (χ2v) is 4.41. The summed E-state index contributed by atoms with van der Waals surface area (Å²) in [6.07, 6.45) is 2.06. The average molecular weight is 221 g/mol. The lowest BCUT2D eigenvalue weighted by Gasteiger charge is -1.95. The van der Waals surface area contributed by atoms with Gasteiger partial charge in [0.2, 0.25) is 0 Å². The summed E-state index contributed by atoms with van der Waals surface area (Å²) in [4.78, 5) is 8.12. The molecule has 0 aliphatic heterocycles. The number of aromatic nitrogens is 3. The summed E-state index contributed by atoms with van der Waals surface area (Å²) >= 11 is 0. The average Bonchev–Trinajstić information content (AvgIpc) is 2.84. The predicted molar refractivity (Wildman–Crippen MR) is 69.3 cm³/mol. The zero-order valence-electron chi connectivity index (χ0n) is 9.44. The summed E-state index contributed by atoms with van der Waals surface area (Å²) in [6, 6.07) is 12.5. The SMILES string of the molecule is Cc1ccn2c(c1)nc1c3ccccc3[nH]c12. The Morgan fingerprint density at radius 3 is 3.00 bits per heavy atom. The van der Waals surface area contributed by atoms with Gasteiger partial charge in [-0.25, -0.2) is 4.98 Å². The Kier molecular flexibility index (Phi) is 1.50. The normalized spacial score (nSPS) is 11.8. The fourth-order valence-electron chi connectivity index (χ4n) is 2.38. The van der Waals surface area contributed by atoms with E-state index in [1.54, 1.807) is 0 Å². The van der Waals surface area contributed by atoms with Crippen LogP contribution < -0.4 is 0 Å². The molecule has 3 heteroatoms. The maximum atomic E-state index is 4.70. The first-order valence-corrected chi connectivity index (χ1v) is 5.68. The van der Waals surface area contributed by atoms with Gasteiger partial charge in [-0.05, 0) is 30.7 Å². The highest BCUT2D eigenvalue weighted by Gasteiger charge is 2.10. The summed E-state index contributed by atoms with van der Waals surface area (Å²) in [5.74, 6) is 0. The number of nitrogens with one attached hydrogen (secondary N) is 1. The van der Waals surface area contributed by atoms with Gasteiger partial charge < -0.3 is 4.98 Å². The van der Waals surface area contributed by atoms with Crippen molar-refractivity contribution >= 4 is 27.7 Å². The number of aryl methyl sites for hydroxylation is 1. The highest BCUT2D eigenvalue weighted by molar-refractivity contribution is 6.05. The van der Waals surface area contributed by atoms with E-state index in [-0.39, 0.29) is 0 Å². The molecule has 0 amide bonds. The maximum Gasteiger partial charge on any atom is 0.143 e. The lowest BCUT2D eigenvalue weighted by molar-refractivity contribution is 1.18. The number of rotatable bonds is 0. The van der Waals surface area contributed by atoms with Crippen molar-refractivity contribution in [1.82, 2.24) is 14.4 Å². The lowest BCUT2D eigenvalue weighted by atomic mass is 10.2. The van der Waals surface area contributed by atoms with E-state index in [2.05, 4.69) is 46.8 Å². The van der Waals surface area contributed by atoms with Crippen LogP contribution in [0.1, 0.15) is 5.56 Å². The van der Waals surface area contributed by atoms with Crippen molar-refractivity contribution in [3.63, 3.8) is 0 Å². The number of hydrogen-bond donors (Lipinski definition) is 1. The summed E-state index contributed by atoms with van der Waals surface area (Å²) in [5, 5.41) is 1.18. The van der Waals surface area contributed by atoms with Gasteiger partial charge in [0.15, 0.2) is 0 Å². The van der Waals surface area contributed by atoms with Crippen molar-refractivity contribution in [2.24, 2.45) is 0 Å². The van der Waals surface area contributed by atoms with Gasteiger partial charge in [-0.2, -0.15) is 0 Å². The molecule has 0 saturated heterocycles. The van der Waals surface area contributed by atoms with Gasteiger partial charge in [0.05, 0.1) is 0 Å². The molecule has 17 heavy (non-hydrogen) atoms. The number of imidazole rings is 1. The monoisotopic (exact) mass is 221 g/mol.